The molecule has 0 aliphatic carbocycles. The molecule has 0 aromatic rings. The van der Waals surface area contributed by atoms with Crippen molar-refractivity contribution in [2.24, 2.45) is 0 Å². The lowest BCUT2D eigenvalue weighted by Gasteiger charge is -1.99. The molecule has 3 N–H and O–H groups in total. The van der Waals surface area contributed by atoms with Gasteiger partial charge in [-0.25, -0.2) is 0 Å². The van der Waals surface area contributed by atoms with Crippen LogP contribution >= 0.6 is 0 Å². The van der Waals surface area contributed by atoms with Crippen LogP contribution in [0.1, 0.15) is 59.8 Å². The molecular weight excluding hydrogens is 248 g/mol. The number of aliphatic hydroxyl groups excluding tert-OH is 2. The lowest BCUT2D eigenvalue weighted by molar-refractivity contribution is -0.134. The number of carbonyl (C=O) groups is 1. The Bertz CT molecular complexity index is 150. The Morgan fingerprint density at radius 1 is 1.16 bits per heavy atom. The Morgan fingerprint density at radius 2 is 1.53 bits per heavy atom. The van der Waals surface area contributed by atoms with E-state index in [0.29, 0.717) is 6.42 Å². The number of rotatable bonds is 8. The SMILES string of the molecule is CC(=O)O.CC(O)CCO.CCCCOCCCC. The second kappa shape index (κ2) is 22.5. The molecule has 0 bridgehead atoms. The van der Waals surface area contributed by atoms with Gasteiger partial charge in [0.15, 0.2) is 0 Å². The van der Waals surface area contributed by atoms with Crippen molar-refractivity contribution < 1.29 is 24.9 Å². The number of carboxylic acids is 1. The monoisotopic (exact) mass is 280 g/mol. The van der Waals surface area contributed by atoms with E-state index in [-0.39, 0.29) is 12.7 Å². The van der Waals surface area contributed by atoms with Crippen molar-refractivity contribution in [2.75, 3.05) is 19.8 Å². The predicted octanol–water partition coefficient (Wildman–Crippen LogP) is 2.44. The van der Waals surface area contributed by atoms with Gasteiger partial charge >= 0.3 is 0 Å². The van der Waals surface area contributed by atoms with Crippen LogP contribution in [0.2, 0.25) is 0 Å². The molecule has 1 atom stereocenters. The minimum Gasteiger partial charge on any atom is -0.481 e. The highest BCUT2D eigenvalue weighted by molar-refractivity contribution is 5.62. The van der Waals surface area contributed by atoms with Crippen LogP contribution in [0, 0.1) is 0 Å². The lowest BCUT2D eigenvalue weighted by Crippen LogP contribution is -2.00. The van der Waals surface area contributed by atoms with Crippen molar-refractivity contribution >= 4 is 5.97 Å². The number of hydrogen-bond acceptors (Lipinski definition) is 4. The summed E-state index contributed by atoms with van der Waals surface area (Å²) in [6, 6.07) is 0. The molecule has 0 aliphatic rings. The van der Waals surface area contributed by atoms with Crippen molar-refractivity contribution in [3.8, 4) is 0 Å². The molecule has 1 unspecified atom stereocenters. The minimum absolute atomic E-state index is 0.0810. The highest BCUT2D eigenvalue weighted by atomic mass is 16.5. The summed E-state index contributed by atoms with van der Waals surface area (Å²) in [5.74, 6) is -0.833. The van der Waals surface area contributed by atoms with Crippen LogP contribution in [-0.4, -0.2) is 47.2 Å². The van der Waals surface area contributed by atoms with E-state index in [1.165, 1.54) is 25.7 Å². The van der Waals surface area contributed by atoms with Gasteiger partial charge in [0.05, 0.1) is 6.10 Å². The highest BCUT2D eigenvalue weighted by Gasteiger charge is 1.88. The molecule has 0 rings (SSSR count). The van der Waals surface area contributed by atoms with Crippen LogP contribution in [0.25, 0.3) is 0 Å². The molecular formula is C14H32O5. The second-order valence-electron chi connectivity index (χ2n) is 4.20. The molecule has 19 heavy (non-hydrogen) atoms. The summed E-state index contributed by atoms with van der Waals surface area (Å²) < 4.78 is 5.31. The van der Waals surface area contributed by atoms with Crippen molar-refractivity contribution in [1.29, 1.82) is 0 Å². The normalized spacial score (nSPS) is 10.6. The smallest absolute Gasteiger partial charge is 0.300 e. The van der Waals surface area contributed by atoms with Crippen LogP contribution in [0.3, 0.4) is 0 Å². The number of aliphatic hydroxyl groups is 2. The zero-order chi connectivity index (χ0) is 15.5. The van der Waals surface area contributed by atoms with Crippen molar-refractivity contribution in [3.05, 3.63) is 0 Å². The molecule has 0 aromatic carbocycles. The quantitative estimate of drug-likeness (QED) is 0.594. The molecule has 0 radical (unpaired) electrons. The lowest BCUT2D eigenvalue weighted by atomic mass is 10.3. The Kier molecular flexibility index (Phi) is 27.8. The van der Waals surface area contributed by atoms with Gasteiger partial charge in [0.2, 0.25) is 0 Å². The van der Waals surface area contributed by atoms with E-state index in [4.69, 9.17) is 24.9 Å². The fourth-order valence-electron chi connectivity index (χ4n) is 0.782. The van der Waals surface area contributed by atoms with E-state index in [9.17, 15) is 0 Å². The summed E-state index contributed by atoms with van der Waals surface area (Å²) >= 11 is 0. The average Bonchev–Trinajstić information content (AvgIpc) is 2.29. The summed E-state index contributed by atoms with van der Waals surface area (Å²) in [5, 5.41) is 23.9. The molecule has 0 aromatic heterocycles. The van der Waals surface area contributed by atoms with Gasteiger partial charge in [-0.15, -0.1) is 0 Å². The van der Waals surface area contributed by atoms with Gasteiger partial charge in [0.25, 0.3) is 5.97 Å². The first kappa shape index (κ1) is 23.4. The van der Waals surface area contributed by atoms with E-state index in [1.54, 1.807) is 6.92 Å². The zero-order valence-electron chi connectivity index (χ0n) is 12.9. The maximum atomic E-state index is 9.00. The van der Waals surface area contributed by atoms with Crippen LogP contribution in [0.4, 0.5) is 0 Å². The van der Waals surface area contributed by atoms with E-state index in [0.717, 1.165) is 20.1 Å². The molecule has 0 amide bonds. The Balaban J connectivity index is -0.000000222. The predicted molar refractivity (Wildman–Crippen MR) is 77.3 cm³/mol. The molecule has 0 spiro atoms. The first-order chi connectivity index (χ1) is 8.92. The summed E-state index contributed by atoms with van der Waals surface area (Å²) in [7, 11) is 0. The molecule has 0 fully saturated rings. The Morgan fingerprint density at radius 3 is 1.68 bits per heavy atom. The van der Waals surface area contributed by atoms with Crippen molar-refractivity contribution in [1.82, 2.24) is 0 Å². The largest absolute Gasteiger partial charge is 0.481 e. The number of hydrogen-bond donors (Lipinski definition) is 3. The molecule has 5 heteroatoms. The van der Waals surface area contributed by atoms with Gasteiger partial charge in [-0.05, 0) is 26.2 Å². The third kappa shape index (κ3) is 58.6. The molecule has 118 valence electrons. The topological polar surface area (TPSA) is 87.0 Å². The zero-order valence-corrected chi connectivity index (χ0v) is 12.9. The third-order valence-electron chi connectivity index (χ3n) is 1.83. The van der Waals surface area contributed by atoms with Crippen LogP contribution < -0.4 is 0 Å². The minimum atomic E-state index is -0.833. The van der Waals surface area contributed by atoms with Gasteiger partial charge in [-0.1, -0.05) is 26.7 Å². The van der Waals surface area contributed by atoms with Crippen LogP contribution in [0.15, 0.2) is 0 Å². The molecule has 0 heterocycles. The number of aliphatic carboxylic acids is 1. The summed E-state index contributed by atoms with van der Waals surface area (Å²) in [5.41, 5.74) is 0. The molecule has 5 nitrogen and oxygen atoms in total. The molecule has 0 aliphatic heterocycles. The average molecular weight is 280 g/mol. The first-order valence-corrected chi connectivity index (χ1v) is 6.98. The van der Waals surface area contributed by atoms with Gasteiger partial charge < -0.3 is 20.1 Å². The second-order valence-corrected chi connectivity index (χ2v) is 4.20. The van der Waals surface area contributed by atoms with Gasteiger partial charge in [0, 0.05) is 26.7 Å². The number of carboxylic acid groups (broad SMARTS) is 1. The maximum Gasteiger partial charge on any atom is 0.300 e. The summed E-state index contributed by atoms with van der Waals surface area (Å²) in [6.07, 6.45) is 5.04. The summed E-state index contributed by atoms with van der Waals surface area (Å²) in [4.78, 5) is 9.00. The molecule has 0 saturated carbocycles. The van der Waals surface area contributed by atoms with Crippen LogP contribution in [0.5, 0.6) is 0 Å². The van der Waals surface area contributed by atoms with Crippen molar-refractivity contribution in [2.45, 2.75) is 65.9 Å². The van der Waals surface area contributed by atoms with E-state index in [1.807, 2.05) is 0 Å². The van der Waals surface area contributed by atoms with Crippen molar-refractivity contribution in [3.63, 3.8) is 0 Å². The fraction of sp³-hybridized carbons (Fsp3) is 0.929. The highest BCUT2D eigenvalue weighted by Crippen LogP contribution is 1.91. The molecule has 0 saturated heterocycles. The third-order valence-corrected chi connectivity index (χ3v) is 1.83. The Labute approximate surface area is 117 Å². The summed E-state index contributed by atoms with van der Waals surface area (Å²) in [6.45, 7) is 9.09. The van der Waals surface area contributed by atoms with E-state index in [2.05, 4.69) is 13.8 Å². The Hall–Kier alpha value is -0.650. The van der Waals surface area contributed by atoms with E-state index >= 15 is 0 Å². The van der Waals surface area contributed by atoms with Gasteiger partial charge in [-0.2, -0.15) is 0 Å². The van der Waals surface area contributed by atoms with Gasteiger partial charge in [-0.3, -0.25) is 4.79 Å². The number of ether oxygens (including phenoxy) is 1. The first-order valence-electron chi connectivity index (χ1n) is 6.98. The van der Waals surface area contributed by atoms with E-state index < -0.39 is 5.97 Å². The number of unbranched alkanes of at least 4 members (excludes halogenated alkanes) is 2. The maximum absolute atomic E-state index is 9.00. The van der Waals surface area contributed by atoms with Crippen LogP contribution in [-0.2, 0) is 9.53 Å². The standard InChI is InChI=1S/C8H18O.C4H10O2.C2H4O2/c1-3-5-7-9-8-6-4-2;1-4(6)2-3-5;1-2(3)4/h3-8H2,1-2H3;4-6H,2-3H2,1H3;1H3,(H,3,4). The van der Waals surface area contributed by atoms with Gasteiger partial charge in [0.1, 0.15) is 0 Å². The fourth-order valence-corrected chi connectivity index (χ4v) is 0.782.